The summed E-state index contributed by atoms with van der Waals surface area (Å²) in [6.07, 6.45) is 1.59. The predicted octanol–water partition coefficient (Wildman–Crippen LogP) is 6.34. The number of aryl methyl sites for hydroxylation is 3. The van der Waals surface area contributed by atoms with Crippen molar-refractivity contribution in [3.63, 3.8) is 0 Å². The molecule has 31 heavy (non-hydrogen) atoms. The van der Waals surface area contributed by atoms with Gasteiger partial charge < -0.3 is 10.1 Å². The van der Waals surface area contributed by atoms with Crippen molar-refractivity contribution in [2.24, 2.45) is 0 Å². The van der Waals surface area contributed by atoms with Crippen LogP contribution < -0.4 is 10.1 Å². The van der Waals surface area contributed by atoms with E-state index in [2.05, 4.69) is 47.0 Å². The summed E-state index contributed by atoms with van der Waals surface area (Å²) in [5.74, 6) is 0.335. The van der Waals surface area contributed by atoms with Gasteiger partial charge in [-0.2, -0.15) is 5.26 Å². The number of carbonyl (C=O) groups is 1. The van der Waals surface area contributed by atoms with Crippen molar-refractivity contribution in [3.8, 4) is 11.8 Å². The van der Waals surface area contributed by atoms with Crippen molar-refractivity contribution in [1.82, 2.24) is 0 Å². The number of nitrogens with one attached hydrogen (secondary N) is 1. The molecule has 0 aromatic heterocycles. The Kier molecular flexibility index (Phi) is 7.48. The molecule has 1 amide bonds. The lowest BCUT2D eigenvalue weighted by atomic mass is 10.1. The fourth-order valence-corrected chi connectivity index (χ4v) is 3.84. The van der Waals surface area contributed by atoms with Crippen molar-refractivity contribution in [2.75, 3.05) is 5.32 Å². The maximum Gasteiger partial charge on any atom is 0.266 e. The third-order valence-corrected chi connectivity index (χ3v) is 5.58. The van der Waals surface area contributed by atoms with Crippen LogP contribution in [0, 0.1) is 35.7 Å². The van der Waals surface area contributed by atoms with Gasteiger partial charge in [-0.15, -0.1) is 0 Å². The quantitative estimate of drug-likeness (QED) is 0.234. The molecule has 0 heterocycles. The van der Waals surface area contributed by atoms with Gasteiger partial charge in [-0.05, 0) is 84.3 Å². The van der Waals surface area contributed by atoms with Gasteiger partial charge >= 0.3 is 0 Å². The van der Waals surface area contributed by atoms with Gasteiger partial charge in [-0.3, -0.25) is 4.79 Å². The first kappa shape index (κ1) is 22.6. The summed E-state index contributed by atoms with van der Waals surface area (Å²) in [5.41, 5.74) is 5.88. The van der Waals surface area contributed by atoms with Crippen LogP contribution in [0.2, 0.25) is 0 Å². The topological polar surface area (TPSA) is 62.1 Å². The van der Waals surface area contributed by atoms with Crippen LogP contribution in [0.5, 0.6) is 5.75 Å². The number of nitriles is 1. The fourth-order valence-electron chi connectivity index (χ4n) is 3.15. The molecule has 0 radical (unpaired) electrons. The monoisotopic (exact) mass is 522 g/mol. The Morgan fingerprint density at radius 3 is 2.52 bits per heavy atom. The van der Waals surface area contributed by atoms with Gasteiger partial charge in [0.25, 0.3) is 5.91 Å². The molecular formula is C26H23IN2O2. The van der Waals surface area contributed by atoms with Gasteiger partial charge in [0, 0.05) is 5.69 Å². The number of amides is 1. The molecule has 5 heteroatoms. The third kappa shape index (κ3) is 6.19. The largest absolute Gasteiger partial charge is 0.488 e. The van der Waals surface area contributed by atoms with Gasteiger partial charge in [0.05, 0.1) is 3.57 Å². The zero-order chi connectivity index (χ0) is 22.4. The van der Waals surface area contributed by atoms with Crippen LogP contribution >= 0.6 is 22.6 Å². The van der Waals surface area contributed by atoms with Gasteiger partial charge in [0.15, 0.2) is 0 Å². The second-order valence-electron chi connectivity index (χ2n) is 7.41. The average molecular weight is 522 g/mol. The molecule has 0 aliphatic heterocycles. The first-order valence-corrected chi connectivity index (χ1v) is 10.9. The molecule has 1 N–H and O–H groups in total. The highest BCUT2D eigenvalue weighted by molar-refractivity contribution is 14.1. The lowest BCUT2D eigenvalue weighted by Gasteiger charge is -2.10. The number of hydrogen-bond donors (Lipinski definition) is 1. The smallest absolute Gasteiger partial charge is 0.266 e. The Labute approximate surface area is 196 Å². The van der Waals surface area contributed by atoms with E-state index in [4.69, 9.17) is 4.74 Å². The van der Waals surface area contributed by atoms with E-state index in [1.807, 2.05) is 68.4 Å². The number of nitrogens with zero attached hydrogens (tertiary/aromatic N) is 1. The summed E-state index contributed by atoms with van der Waals surface area (Å²) in [7, 11) is 0. The first-order chi connectivity index (χ1) is 14.9. The van der Waals surface area contributed by atoms with Crippen LogP contribution in [0.15, 0.2) is 66.2 Å². The van der Waals surface area contributed by atoms with Crippen LogP contribution in [-0.2, 0) is 11.4 Å². The van der Waals surface area contributed by atoms with Crippen LogP contribution in [-0.4, -0.2) is 5.91 Å². The number of carbonyl (C=O) groups excluding carboxylic acids is 1. The van der Waals surface area contributed by atoms with E-state index >= 15 is 0 Å². The zero-order valence-electron chi connectivity index (χ0n) is 17.7. The minimum absolute atomic E-state index is 0.0456. The Hall–Kier alpha value is -3.11. The van der Waals surface area contributed by atoms with Crippen LogP contribution in [0.1, 0.15) is 27.8 Å². The first-order valence-electron chi connectivity index (χ1n) is 9.84. The minimum Gasteiger partial charge on any atom is -0.488 e. The van der Waals surface area contributed by atoms with Gasteiger partial charge in [-0.1, -0.05) is 53.6 Å². The Morgan fingerprint density at radius 1 is 1.06 bits per heavy atom. The number of halogens is 1. The van der Waals surface area contributed by atoms with E-state index in [1.165, 1.54) is 5.56 Å². The van der Waals surface area contributed by atoms with Crippen molar-refractivity contribution in [3.05, 3.63) is 97.6 Å². The SMILES string of the molecule is Cc1cccc(COc2ccc(/C=C(\C#N)C(=O)Nc3ccc(C)cc3C)cc2I)c1. The third-order valence-electron chi connectivity index (χ3n) is 4.74. The van der Waals surface area contributed by atoms with Crippen LogP contribution in [0.25, 0.3) is 6.08 Å². The molecule has 0 bridgehead atoms. The Balaban J connectivity index is 1.72. The molecule has 0 aliphatic rings. The van der Waals surface area contributed by atoms with Crippen molar-refractivity contribution < 1.29 is 9.53 Å². The van der Waals surface area contributed by atoms with Gasteiger partial charge in [0.2, 0.25) is 0 Å². The lowest BCUT2D eigenvalue weighted by molar-refractivity contribution is -0.112. The molecule has 0 atom stereocenters. The van der Waals surface area contributed by atoms with E-state index in [-0.39, 0.29) is 5.57 Å². The van der Waals surface area contributed by atoms with Crippen molar-refractivity contribution in [1.29, 1.82) is 5.26 Å². The molecule has 3 rings (SSSR count). The molecule has 3 aromatic rings. The minimum atomic E-state index is -0.427. The number of rotatable bonds is 6. The summed E-state index contributed by atoms with van der Waals surface area (Å²) in [5, 5.41) is 12.3. The highest BCUT2D eigenvalue weighted by atomic mass is 127. The summed E-state index contributed by atoms with van der Waals surface area (Å²) >= 11 is 2.20. The summed E-state index contributed by atoms with van der Waals surface area (Å²) in [4.78, 5) is 12.6. The second kappa shape index (κ2) is 10.3. The normalized spacial score (nSPS) is 11.0. The highest BCUT2D eigenvalue weighted by Gasteiger charge is 2.12. The number of ether oxygens (including phenoxy) is 1. The highest BCUT2D eigenvalue weighted by Crippen LogP contribution is 2.25. The lowest BCUT2D eigenvalue weighted by Crippen LogP contribution is -2.14. The molecule has 0 spiro atoms. The zero-order valence-corrected chi connectivity index (χ0v) is 19.9. The molecule has 0 aliphatic carbocycles. The molecule has 0 saturated heterocycles. The van der Waals surface area contributed by atoms with E-state index < -0.39 is 5.91 Å². The molecule has 0 unspecified atom stereocenters. The molecular weight excluding hydrogens is 499 g/mol. The number of anilines is 1. The molecule has 3 aromatic carbocycles. The van der Waals surface area contributed by atoms with E-state index in [9.17, 15) is 10.1 Å². The van der Waals surface area contributed by atoms with E-state index in [0.717, 1.165) is 31.6 Å². The van der Waals surface area contributed by atoms with Crippen LogP contribution in [0.3, 0.4) is 0 Å². The van der Waals surface area contributed by atoms with Gasteiger partial charge in [0.1, 0.15) is 24.0 Å². The summed E-state index contributed by atoms with van der Waals surface area (Å²) in [6, 6.07) is 21.6. The standard InChI is InChI=1S/C26H23IN2O2/c1-17-5-4-6-21(12-17)16-31-25-10-8-20(14-23(25)27)13-22(15-28)26(30)29-24-9-7-18(2)11-19(24)3/h4-14H,16H2,1-3H3,(H,29,30)/b22-13+. The van der Waals surface area contributed by atoms with Crippen molar-refractivity contribution in [2.45, 2.75) is 27.4 Å². The number of benzene rings is 3. The molecule has 156 valence electrons. The second-order valence-corrected chi connectivity index (χ2v) is 8.57. The fraction of sp³-hybridized carbons (Fsp3) is 0.154. The maximum atomic E-state index is 12.6. The number of hydrogen-bond acceptors (Lipinski definition) is 3. The Bertz CT molecular complexity index is 1190. The molecule has 4 nitrogen and oxygen atoms in total. The van der Waals surface area contributed by atoms with Crippen LogP contribution in [0.4, 0.5) is 5.69 Å². The van der Waals surface area contributed by atoms with Crippen molar-refractivity contribution >= 4 is 40.3 Å². The molecule has 0 saturated carbocycles. The predicted molar refractivity (Wildman–Crippen MR) is 133 cm³/mol. The maximum absolute atomic E-state index is 12.6. The van der Waals surface area contributed by atoms with E-state index in [1.54, 1.807) is 6.08 Å². The summed E-state index contributed by atoms with van der Waals surface area (Å²) in [6.45, 7) is 6.46. The Morgan fingerprint density at radius 2 is 1.84 bits per heavy atom. The average Bonchev–Trinajstić information content (AvgIpc) is 2.73. The molecule has 0 fully saturated rings. The van der Waals surface area contributed by atoms with E-state index in [0.29, 0.717) is 12.3 Å². The van der Waals surface area contributed by atoms with Gasteiger partial charge in [-0.25, -0.2) is 0 Å². The summed E-state index contributed by atoms with van der Waals surface area (Å²) < 4.78 is 6.85.